The van der Waals surface area contributed by atoms with E-state index in [0.29, 0.717) is 19.5 Å². The van der Waals surface area contributed by atoms with Gasteiger partial charge in [0, 0.05) is 13.1 Å². The highest BCUT2D eigenvalue weighted by Crippen LogP contribution is 2.06. The maximum Gasteiger partial charge on any atom is 0.307 e. The van der Waals surface area contributed by atoms with Crippen LogP contribution in [0.2, 0.25) is 0 Å². The third-order valence-electron chi connectivity index (χ3n) is 3.40. The fourth-order valence-corrected chi connectivity index (χ4v) is 2.12. The molecule has 1 amide bonds. The first-order chi connectivity index (χ1) is 10.2. The summed E-state index contributed by atoms with van der Waals surface area (Å²) >= 11 is 0. The number of esters is 1. The van der Waals surface area contributed by atoms with Crippen LogP contribution in [0.15, 0.2) is 30.3 Å². The van der Waals surface area contributed by atoms with E-state index >= 15 is 0 Å². The van der Waals surface area contributed by atoms with Crippen LogP contribution in [0.1, 0.15) is 38.2 Å². The van der Waals surface area contributed by atoms with E-state index in [4.69, 9.17) is 0 Å². The Labute approximate surface area is 127 Å². The number of benzene rings is 1. The molecule has 0 radical (unpaired) electrons. The van der Waals surface area contributed by atoms with Crippen LogP contribution in [0.25, 0.3) is 0 Å². The summed E-state index contributed by atoms with van der Waals surface area (Å²) < 4.78 is 4.65. The minimum atomic E-state index is -0.275. The summed E-state index contributed by atoms with van der Waals surface area (Å²) in [7, 11) is 1.37. The second kappa shape index (κ2) is 9.97. The van der Waals surface area contributed by atoms with Gasteiger partial charge in [-0.2, -0.15) is 0 Å². The van der Waals surface area contributed by atoms with Gasteiger partial charge in [-0.1, -0.05) is 50.1 Å². The number of carbonyl (C=O) groups excluding carboxylic acids is 2. The van der Waals surface area contributed by atoms with Crippen molar-refractivity contribution in [3.8, 4) is 0 Å². The van der Waals surface area contributed by atoms with Crippen LogP contribution in [0, 0.1) is 0 Å². The van der Waals surface area contributed by atoms with Gasteiger partial charge in [-0.15, -0.1) is 0 Å². The second-order valence-corrected chi connectivity index (χ2v) is 5.08. The molecule has 0 aliphatic heterocycles. The molecular formula is C17H25NO3. The molecule has 0 atom stereocenters. The highest BCUT2D eigenvalue weighted by molar-refractivity contribution is 5.79. The fourth-order valence-electron chi connectivity index (χ4n) is 2.12. The van der Waals surface area contributed by atoms with Crippen LogP contribution in [0.4, 0.5) is 0 Å². The van der Waals surface area contributed by atoms with Gasteiger partial charge in [-0.05, 0) is 12.0 Å². The molecule has 0 heterocycles. The molecule has 1 aromatic rings. The van der Waals surface area contributed by atoms with Crippen molar-refractivity contribution in [2.24, 2.45) is 0 Å². The van der Waals surface area contributed by atoms with Gasteiger partial charge >= 0.3 is 5.97 Å². The summed E-state index contributed by atoms with van der Waals surface area (Å²) in [6.45, 7) is 3.27. The lowest BCUT2D eigenvalue weighted by Crippen LogP contribution is -2.35. The molecule has 1 rings (SSSR count). The van der Waals surface area contributed by atoms with Crippen molar-refractivity contribution in [3.05, 3.63) is 35.9 Å². The quantitative estimate of drug-likeness (QED) is 0.519. The maximum atomic E-state index is 12.4. The molecule has 0 aliphatic carbocycles. The highest BCUT2D eigenvalue weighted by atomic mass is 16.5. The van der Waals surface area contributed by atoms with E-state index in [1.165, 1.54) is 7.11 Å². The largest absolute Gasteiger partial charge is 0.469 e. The molecule has 4 heteroatoms. The van der Waals surface area contributed by atoms with Crippen molar-refractivity contribution in [2.45, 2.75) is 39.0 Å². The Morgan fingerprint density at radius 3 is 2.43 bits per heavy atom. The van der Waals surface area contributed by atoms with E-state index < -0.39 is 0 Å². The van der Waals surface area contributed by atoms with Crippen LogP contribution in [-0.2, 0) is 20.7 Å². The third-order valence-corrected chi connectivity index (χ3v) is 3.40. The molecule has 0 bridgehead atoms. The monoisotopic (exact) mass is 291 g/mol. The van der Waals surface area contributed by atoms with Crippen LogP contribution in [0.3, 0.4) is 0 Å². The molecule has 0 fully saturated rings. The fraction of sp³-hybridized carbons (Fsp3) is 0.529. The minimum absolute atomic E-state index is 0.0706. The Bertz CT molecular complexity index is 431. The van der Waals surface area contributed by atoms with Crippen LogP contribution in [-0.4, -0.2) is 37.0 Å². The van der Waals surface area contributed by atoms with Crippen LogP contribution < -0.4 is 0 Å². The van der Waals surface area contributed by atoms with Gasteiger partial charge in [0.25, 0.3) is 0 Å². The number of nitrogens with zero attached hydrogens (tertiary/aromatic N) is 1. The summed E-state index contributed by atoms with van der Waals surface area (Å²) in [4.78, 5) is 25.4. The average Bonchev–Trinajstić information content (AvgIpc) is 2.51. The summed E-state index contributed by atoms with van der Waals surface area (Å²) in [6, 6.07) is 9.69. The van der Waals surface area contributed by atoms with E-state index in [2.05, 4.69) is 11.7 Å². The third kappa shape index (κ3) is 6.93. The lowest BCUT2D eigenvalue weighted by molar-refractivity contribution is -0.141. The second-order valence-electron chi connectivity index (χ2n) is 5.08. The van der Waals surface area contributed by atoms with E-state index in [0.717, 1.165) is 24.8 Å². The summed E-state index contributed by atoms with van der Waals surface area (Å²) in [6.07, 6.45) is 3.81. The van der Waals surface area contributed by atoms with Gasteiger partial charge in [-0.3, -0.25) is 9.59 Å². The molecule has 0 aromatic heterocycles. The van der Waals surface area contributed by atoms with Crippen molar-refractivity contribution in [1.29, 1.82) is 0 Å². The molecule has 0 aliphatic rings. The Morgan fingerprint density at radius 1 is 1.10 bits per heavy atom. The molecule has 0 spiro atoms. The van der Waals surface area contributed by atoms with Crippen molar-refractivity contribution >= 4 is 11.9 Å². The maximum absolute atomic E-state index is 12.4. The molecule has 0 saturated carbocycles. The molecule has 4 nitrogen and oxygen atoms in total. The van der Waals surface area contributed by atoms with E-state index in [-0.39, 0.29) is 18.3 Å². The topological polar surface area (TPSA) is 46.6 Å². The van der Waals surface area contributed by atoms with Gasteiger partial charge in [0.2, 0.25) is 5.91 Å². The molecule has 0 N–H and O–H groups in total. The SMILES string of the molecule is CCCCCN(CCC(=O)OC)C(=O)Cc1ccccc1. The first-order valence-corrected chi connectivity index (χ1v) is 7.56. The van der Waals surface area contributed by atoms with Crippen molar-refractivity contribution in [2.75, 3.05) is 20.2 Å². The number of carbonyl (C=O) groups is 2. The zero-order valence-electron chi connectivity index (χ0n) is 13.0. The Kier molecular flexibility index (Phi) is 8.17. The number of amides is 1. The van der Waals surface area contributed by atoms with Gasteiger partial charge in [0.15, 0.2) is 0 Å². The summed E-state index contributed by atoms with van der Waals surface area (Å²) in [5, 5.41) is 0. The molecule has 0 unspecified atom stereocenters. The van der Waals surface area contributed by atoms with Crippen molar-refractivity contribution < 1.29 is 14.3 Å². The summed E-state index contributed by atoms with van der Waals surface area (Å²) in [5.41, 5.74) is 1.00. The number of rotatable bonds is 9. The smallest absolute Gasteiger partial charge is 0.307 e. The van der Waals surface area contributed by atoms with Crippen molar-refractivity contribution in [3.63, 3.8) is 0 Å². The van der Waals surface area contributed by atoms with Crippen LogP contribution >= 0.6 is 0 Å². The summed E-state index contributed by atoms with van der Waals surface area (Å²) in [5.74, 6) is -0.204. The number of hydrogen-bond donors (Lipinski definition) is 0. The lowest BCUT2D eigenvalue weighted by Gasteiger charge is -2.22. The molecule has 116 valence electrons. The van der Waals surface area contributed by atoms with Gasteiger partial charge in [-0.25, -0.2) is 0 Å². The Morgan fingerprint density at radius 2 is 1.81 bits per heavy atom. The van der Waals surface area contributed by atoms with E-state index in [9.17, 15) is 9.59 Å². The van der Waals surface area contributed by atoms with E-state index in [1.807, 2.05) is 30.3 Å². The lowest BCUT2D eigenvalue weighted by atomic mass is 10.1. The van der Waals surface area contributed by atoms with E-state index in [1.54, 1.807) is 4.90 Å². The van der Waals surface area contributed by atoms with Gasteiger partial charge in [0.05, 0.1) is 20.0 Å². The number of unbranched alkanes of at least 4 members (excludes halogenated alkanes) is 2. The van der Waals surface area contributed by atoms with Crippen molar-refractivity contribution in [1.82, 2.24) is 4.90 Å². The van der Waals surface area contributed by atoms with Crippen LogP contribution in [0.5, 0.6) is 0 Å². The highest BCUT2D eigenvalue weighted by Gasteiger charge is 2.15. The molecular weight excluding hydrogens is 266 g/mol. The number of hydrogen-bond acceptors (Lipinski definition) is 3. The Hall–Kier alpha value is -1.84. The minimum Gasteiger partial charge on any atom is -0.469 e. The number of ether oxygens (including phenoxy) is 1. The van der Waals surface area contributed by atoms with Gasteiger partial charge in [0.1, 0.15) is 0 Å². The first-order valence-electron chi connectivity index (χ1n) is 7.56. The molecule has 1 aromatic carbocycles. The Balaban J connectivity index is 2.56. The predicted octanol–water partition coefficient (Wildman–Crippen LogP) is 2.81. The predicted molar refractivity (Wildman–Crippen MR) is 82.9 cm³/mol. The molecule has 0 saturated heterocycles. The zero-order valence-corrected chi connectivity index (χ0v) is 13.0. The normalized spacial score (nSPS) is 10.2. The molecule has 21 heavy (non-hydrogen) atoms. The first kappa shape index (κ1) is 17.2. The zero-order chi connectivity index (χ0) is 15.5. The standard InChI is InChI=1S/C17H25NO3/c1-3-4-8-12-18(13-11-17(20)21-2)16(19)14-15-9-6-5-7-10-15/h5-7,9-10H,3-4,8,11-14H2,1-2H3. The average molecular weight is 291 g/mol. The number of methoxy groups -OCH3 is 1. The van der Waals surface area contributed by atoms with Gasteiger partial charge < -0.3 is 9.64 Å².